The molecule has 0 aromatic rings. The third-order valence-corrected chi connectivity index (χ3v) is 3.20. The molecule has 6 heteroatoms. The number of piperazine rings is 1. The molecule has 0 radical (unpaired) electrons. The van der Waals surface area contributed by atoms with Gasteiger partial charge in [-0.25, -0.2) is 0 Å². The van der Waals surface area contributed by atoms with Gasteiger partial charge in [0.05, 0.1) is 19.1 Å². The van der Waals surface area contributed by atoms with Crippen LogP contribution < -0.4 is 5.32 Å². The van der Waals surface area contributed by atoms with Crippen LogP contribution >= 0.6 is 0 Å². The molecule has 2 atom stereocenters. The molecule has 96 valence electrons. The van der Waals surface area contributed by atoms with Crippen LogP contribution in [0.4, 0.5) is 0 Å². The maximum absolute atomic E-state index is 11.7. The first-order valence-electron chi connectivity index (χ1n) is 5.99. The number of hydrogen-bond acceptors (Lipinski definition) is 4. The van der Waals surface area contributed by atoms with Crippen LogP contribution in [0.1, 0.15) is 19.3 Å². The lowest BCUT2D eigenvalue weighted by Crippen LogP contribution is -2.56. The maximum atomic E-state index is 11.7. The fraction of sp³-hybridized carbons (Fsp3) is 0.818. The molecule has 0 saturated carbocycles. The number of carboxylic acids is 1. The van der Waals surface area contributed by atoms with Crippen molar-refractivity contribution in [1.82, 2.24) is 10.2 Å². The molecule has 6 nitrogen and oxygen atoms in total. The highest BCUT2D eigenvalue weighted by Crippen LogP contribution is 2.15. The molecule has 0 spiro atoms. The van der Waals surface area contributed by atoms with Gasteiger partial charge in [-0.05, 0) is 12.8 Å². The van der Waals surface area contributed by atoms with Crippen molar-refractivity contribution in [1.29, 1.82) is 0 Å². The number of rotatable bonds is 4. The molecule has 2 saturated heterocycles. The Kier molecular flexibility index (Phi) is 3.96. The van der Waals surface area contributed by atoms with Crippen molar-refractivity contribution >= 4 is 11.9 Å². The summed E-state index contributed by atoms with van der Waals surface area (Å²) in [6.07, 6.45) is 2.21. The monoisotopic (exact) mass is 242 g/mol. The summed E-state index contributed by atoms with van der Waals surface area (Å²) in [5.41, 5.74) is 0. The molecular formula is C11H18N2O4. The second-order valence-corrected chi connectivity index (χ2v) is 4.61. The lowest BCUT2D eigenvalue weighted by molar-refractivity contribution is -0.141. The van der Waals surface area contributed by atoms with E-state index in [1.165, 1.54) is 0 Å². The van der Waals surface area contributed by atoms with Gasteiger partial charge in [-0.3, -0.25) is 9.59 Å². The first kappa shape index (κ1) is 12.3. The number of carbonyl (C=O) groups is 2. The van der Waals surface area contributed by atoms with Crippen LogP contribution in [0.3, 0.4) is 0 Å². The summed E-state index contributed by atoms with van der Waals surface area (Å²) in [6.45, 7) is 2.05. The van der Waals surface area contributed by atoms with E-state index in [1.807, 2.05) is 0 Å². The minimum atomic E-state index is -0.839. The number of carboxylic acid groups (broad SMARTS) is 1. The van der Waals surface area contributed by atoms with Gasteiger partial charge in [0, 0.05) is 25.7 Å². The highest BCUT2D eigenvalue weighted by molar-refractivity contribution is 5.79. The average molecular weight is 242 g/mol. The number of hydrogen-bond donors (Lipinski definition) is 2. The summed E-state index contributed by atoms with van der Waals surface area (Å²) >= 11 is 0. The molecule has 2 rings (SSSR count). The van der Waals surface area contributed by atoms with E-state index in [0.29, 0.717) is 13.1 Å². The molecule has 0 bridgehead atoms. The predicted octanol–water partition coefficient (Wildman–Crippen LogP) is -0.559. The molecule has 2 N–H and O–H groups in total. The summed E-state index contributed by atoms with van der Waals surface area (Å²) in [4.78, 5) is 24.0. The van der Waals surface area contributed by atoms with Crippen LogP contribution in [-0.4, -0.2) is 60.3 Å². The predicted molar refractivity (Wildman–Crippen MR) is 59.6 cm³/mol. The molecule has 0 aromatic carbocycles. The van der Waals surface area contributed by atoms with E-state index in [2.05, 4.69) is 5.32 Å². The molecule has 17 heavy (non-hydrogen) atoms. The minimum Gasteiger partial charge on any atom is -0.481 e. The molecule has 2 aliphatic rings. The van der Waals surface area contributed by atoms with Gasteiger partial charge >= 0.3 is 5.97 Å². The number of nitrogens with zero attached hydrogens (tertiary/aromatic N) is 1. The molecule has 0 aliphatic carbocycles. The zero-order valence-corrected chi connectivity index (χ0v) is 9.72. The van der Waals surface area contributed by atoms with Gasteiger partial charge in [0.25, 0.3) is 0 Å². The summed E-state index contributed by atoms with van der Waals surface area (Å²) in [6, 6.07) is -0.147. The molecule has 2 fully saturated rings. The summed E-state index contributed by atoms with van der Waals surface area (Å²) in [7, 11) is 0. The number of carbonyl (C=O) groups excluding carboxylic acids is 1. The second kappa shape index (κ2) is 5.46. The number of nitrogens with one attached hydrogen (secondary N) is 1. The smallest absolute Gasteiger partial charge is 0.304 e. The minimum absolute atomic E-state index is 0.0298. The summed E-state index contributed by atoms with van der Waals surface area (Å²) < 4.78 is 5.49. The highest BCUT2D eigenvalue weighted by atomic mass is 16.5. The Hall–Kier alpha value is -1.14. The average Bonchev–Trinajstić information content (AvgIpc) is 2.75. The fourth-order valence-corrected chi connectivity index (χ4v) is 2.33. The van der Waals surface area contributed by atoms with Crippen molar-refractivity contribution < 1.29 is 19.4 Å². The molecule has 0 aromatic heterocycles. The Morgan fingerprint density at radius 1 is 1.59 bits per heavy atom. The van der Waals surface area contributed by atoms with Crippen molar-refractivity contribution in [3.63, 3.8) is 0 Å². The largest absolute Gasteiger partial charge is 0.481 e. The van der Waals surface area contributed by atoms with Gasteiger partial charge in [0.1, 0.15) is 0 Å². The van der Waals surface area contributed by atoms with Crippen molar-refractivity contribution in [2.24, 2.45) is 0 Å². The Balaban J connectivity index is 1.85. The maximum Gasteiger partial charge on any atom is 0.304 e. The van der Waals surface area contributed by atoms with Gasteiger partial charge in [-0.1, -0.05) is 0 Å². The van der Waals surface area contributed by atoms with E-state index in [0.717, 1.165) is 19.4 Å². The first-order valence-corrected chi connectivity index (χ1v) is 5.99. The number of aliphatic carboxylic acids is 1. The van der Waals surface area contributed by atoms with Gasteiger partial charge in [0.15, 0.2) is 0 Å². The molecular weight excluding hydrogens is 224 g/mol. The van der Waals surface area contributed by atoms with Crippen LogP contribution in [0.5, 0.6) is 0 Å². The second-order valence-electron chi connectivity index (χ2n) is 4.61. The highest BCUT2D eigenvalue weighted by Gasteiger charge is 2.29. The molecule has 2 unspecified atom stereocenters. The van der Waals surface area contributed by atoms with Crippen molar-refractivity contribution in [2.75, 3.05) is 26.2 Å². The van der Waals surface area contributed by atoms with E-state index < -0.39 is 5.97 Å². The molecule has 2 heterocycles. The van der Waals surface area contributed by atoms with Crippen molar-refractivity contribution in [2.45, 2.75) is 31.4 Å². The summed E-state index contributed by atoms with van der Waals surface area (Å²) in [5.74, 6) is -0.809. The van der Waals surface area contributed by atoms with E-state index in [1.54, 1.807) is 4.90 Å². The van der Waals surface area contributed by atoms with Gasteiger partial charge < -0.3 is 20.1 Å². The fourth-order valence-electron chi connectivity index (χ4n) is 2.33. The van der Waals surface area contributed by atoms with Crippen LogP contribution in [0.2, 0.25) is 0 Å². The van der Waals surface area contributed by atoms with Crippen molar-refractivity contribution in [3.8, 4) is 0 Å². The Labute approximate surface area is 99.9 Å². The molecule has 1 amide bonds. The normalized spacial score (nSPS) is 29.6. The van der Waals surface area contributed by atoms with Crippen LogP contribution in [0.15, 0.2) is 0 Å². The van der Waals surface area contributed by atoms with Gasteiger partial charge in [0.2, 0.25) is 5.91 Å². The van der Waals surface area contributed by atoms with Crippen LogP contribution in [0, 0.1) is 0 Å². The first-order chi connectivity index (χ1) is 8.15. The topological polar surface area (TPSA) is 78.9 Å². The third-order valence-electron chi connectivity index (χ3n) is 3.20. The quantitative estimate of drug-likeness (QED) is 0.691. The van der Waals surface area contributed by atoms with E-state index in [9.17, 15) is 9.59 Å². The number of ether oxygens (including phenoxy) is 1. The van der Waals surface area contributed by atoms with Gasteiger partial charge in [-0.2, -0.15) is 0 Å². The van der Waals surface area contributed by atoms with Gasteiger partial charge in [-0.15, -0.1) is 0 Å². The SMILES string of the molecule is O=C(O)CC1CN(CC2CCCO2)C(=O)CN1. The zero-order chi connectivity index (χ0) is 12.3. The standard InChI is InChI=1S/C11H18N2O4/c14-10-5-12-8(4-11(15)16)6-13(10)7-9-2-1-3-17-9/h8-9,12H,1-7H2,(H,15,16). The Bertz CT molecular complexity index is 302. The Morgan fingerprint density at radius 3 is 3.06 bits per heavy atom. The lowest BCUT2D eigenvalue weighted by Gasteiger charge is -2.34. The van der Waals surface area contributed by atoms with E-state index in [4.69, 9.17) is 9.84 Å². The van der Waals surface area contributed by atoms with Crippen LogP contribution in [0.25, 0.3) is 0 Å². The van der Waals surface area contributed by atoms with Crippen LogP contribution in [-0.2, 0) is 14.3 Å². The number of amides is 1. The van der Waals surface area contributed by atoms with E-state index >= 15 is 0 Å². The third kappa shape index (κ3) is 3.41. The summed E-state index contributed by atoms with van der Waals surface area (Å²) in [5, 5.41) is 11.7. The zero-order valence-electron chi connectivity index (χ0n) is 9.72. The Morgan fingerprint density at radius 2 is 2.41 bits per heavy atom. The van der Waals surface area contributed by atoms with Crippen molar-refractivity contribution in [3.05, 3.63) is 0 Å². The molecule has 2 aliphatic heterocycles. The lowest BCUT2D eigenvalue weighted by atomic mass is 10.1. The van der Waals surface area contributed by atoms with E-state index in [-0.39, 0.29) is 31.0 Å².